The molecule has 0 aliphatic carbocycles. The van der Waals surface area contributed by atoms with Gasteiger partial charge in [0.15, 0.2) is 0 Å². The molecule has 1 amide bonds. The number of primary sulfonamides is 1. The second-order valence-electron chi connectivity index (χ2n) is 7.04. The fraction of sp³-hybridized carbons (Fsp3) is 0.316. The first-order chi connectivity index (χ1) is 14.4. The molecular weight excluding hydrogens is 457 g/mol. The largest absolute Gasteiger partial charge is 0.417 e. The Kier molecular flexibility index (Phi) is 6.79. The molecule has 1 aliphatic heterocycles. The summed E-state index contributed by atoms with van der Waals surface area (Å²) < 4.78 is 61.5. The molecule has 0 bridgehead atoms. The molecule has 31 heavy (non-hydrogen) atoms. The number of carbonyl (C=O) groups is 1. The highest BCUT2D eigenvalue weighted by Crippen LogP contribution is 2.36. The van der Waals surface area contributed by atoms with Gasteiger partial charge in [-0.2, -0.15) is 13.2 Å². The van der Waals surface area contributed by atoms with Crippen molar-refractivity contribution in [3.05, 3.63) is 53.1 Å². The summed E-state index contributed by atoms with van der Waals surface area (Å²) in [4.78, 5) is 16.2. The van der Waals surface area contributed by atoms with Crippen molar-refractivity contribution in [2.45, 2.75) is 11.1 Å². The molecule has 12 heteroatoms. The van der Waals surface area contributed by atoms with Crippen LogP contribution in [0.15, 0.2) is 47.4 Å². The molecular formula is C19H20ClF3N4O3S. The fourth-order valence-electron chi connectivity index (χ4n) is 3.23. The molecule has 0 spiro atoms. The van der Waals surface area contributed by atoms with Gasteiger partial charge in [0.25, 0.3) is 0 Å². The molecule has 1 fully saturated rings. The Balaban J connectivity index is 1.54. The van der Waals surface area contributed by atoms with Crippen molar-refractivity contribution in [3.63, 3.8) is 0 Å². The normalized spacial score (nSPS) is 15.7. The van der Waals surface area contributed by atoms with Gasteiger partial charge in [0.2, 0.25) is 15.9 Å². The summed E-state index contributed by atoms with van der Waals surface area (Å²) in [5.74, 6) is -0.429. The van der Waals surface area contributed by atoms with Gasteiger partial charge in [-0.05, 0) is 42.5 Å². The Morgan fingerprint density at radius 3 is 2.23 bits per heavy atom. The van der Waals surface area contributed by atoms with Crippen LogP contribution in [0.5, 0.6) is 0 Å². The number of anilines is 2. The highest BCUT2D eigenvalue weighted by atomic mass is 35.5. The zero-order valence-corrected chi connectivity index (χ0v) is 17.8. The number of amides is 1. The quantitative estimate of drug-likeness (QED) is 0.692. The summed E-state index contributed by atoms with van der Waals surface area (Å²) in [5, 5.41) is 7.13. The third-order valence-electron chi connectivity index (χ3n) is 4.83. The molecule has 2 aromatic rings. The van der Waals surface area contributed by atoms with Crippen LogP contribution in [0.3, 0.4) is 0 Å². The predicted molar refractivity (Wildman–Crippen MR) is 112 cm³/mol. The third-order valence-corrected chi connectivity index (χ3v) is 6.08. The molecule has 3 N–H and O–H groups in total. The monoisotopic (exact) mass is 476 g/mol. The van der Waals surface area contributed by atoms with Crippen LogP contribution in [0.25, 0.3) is 0 Å². The number of hydrogen-bond acceptors (Lipinski definition) is 5. The van der Waals surface area contributed by atoms with Gasteiger partial charge in [0.1, 0.15) is 0 Å². The lowest BCUT2D eigenvalue weighted by Gasteiger charge is -2.35. The molecule has 1 heterocycles. The van der Waals surface area contributed by atoms with Crippen molar-refractivity contribution in [2.24, 2.45) is 5.14 Å². The van der Waals surface area contributed by atoms with Crippen LogP contribution in [0.1, 0.15) is 5.56 Å². The molecule has 3 rings (SSSR count). The number of benzene rings is 2. The molecule has 1 saturated heterocycles. The lowest BCUT2D eigenvalue weighted by molar-refractivity contribution is -0.137. The van der Waals surface area contributed by atoms with E-state index in [1.54, 1.807) is 12.1 Å². The molecule has 0 aromatic heterocycles. The summed E-state index contributed by atoms with van der Waals surface area (Å²) in [6, 6.07) is 9.43. The molecule has 2 aromatic carbocycles. The van der Waals surface area contributed by atoms with Crippen LogP contribution in [0.2, 0.25) is 5.02 Å². The summed E-state index contributed by atoms with van der Waals surface area (Å²) in [5.41, 5.74) is -0.151. The number of carbonyl (C=O) groups excluding carboxylic acids is 1. The minimum Gasteiger partial charge on any atom is -0.369 e. The van der Waals surface area contributed by atoms with Crippen molar-refractivity contribution in [1.82, 2.24) is 4.90 Å². The van der Waals surface area contributed by atoms with E-state index < -0.39 is 32.7 Å². The van der Waals surface area contributed by atoms with Crippen LogP contribution in [0.4, 0.5) is 24.5 Å². The molecule has 0 radical (unpaired) electrons. The van der Waals surface area contributed by atoms with Crippen LogP contribution in [-0.2, 0) is 21.0 Å². The lowest BCUT2D eigenvalue weighted by atomic mass is 10.2. The minimum atomic E-state index is -4.61. The van der Waals surface area contributed by atoms with Crippen molar-refractivity contribution >= 4 is 38.9 Å². The van der Waals surface area contributed by atoms with Gasteiger partial charge in [-0.3, -0.25) is 9.69 Å². The van der Waals surface area contributed by atoms with E-state index in [4.69, 9.17) is 16.7 Å². The van der Waals surface area contributed by atoms with Gasteiger partial charge in [0, 0.05) is 37.6 Å². The molecule has 0 saturated carbocycles. The lowest BCUT2D eigenvalue weighted by Crippen LogP contribution is -2.48. The maximum Gasteiger partial charge on any atom is 0.417 e. The van der Waals surface area contributed by atoms with E-state index in [0.717, 1.165) is 17.8 Å². The highest BCUT2D eigenvalue weighted by molar-refractivity contribution is 7.89. The van der Waals surface area contributed by atoms with Crippen LogP contribution >= 0.6 is 11.6 Å². The maximum absolute atomic E-state index is 12.9. The fourth-order valence-corrected chi connectivity index (χ4v) is 3.97. The molecule has 0 atom stereocenters. The SMILES string of the molecule is NS(=O)(=O)c1ccc(N2CCN(CC(=O)Nc3ccc(Cl)c(C(F)(F)F)c3)CC2)cc1. The highest BCUT2D eigenvalue weighted by Gasteiger charge is 2.33. The van der Waals surface area contributed by atoms with Crippen LogP contribution < -0.4 is 15.4 Å². The van der Waals surface area contributed by atoms with Gasteiger partial charge in [-0.1, -0.05) is 11.6 Å². The predicted octanol–water partition coefficient (Wildman–Crippen LogP) is 2.77. The van der Waals surface area contributed by atoms with Crippen LogP contribution in [-0.4, -0.2) is 51.9 Å². The topological polar surface area (TPSA) is 95.7 Å². The van der Waals surface area contributed by atoms with Gasteiger partial charge < -0.3 is 10.2 Å². The summed E-state index contributed by atoms with van der Waals surface area (Å²) >= 11 is 5.59. The maximum atomic E-state index is 12.9. The van der Waals surface area contributed by atoms with E-state index in [1.807, 2.05) is 9.80 Å². The van der Waals surface area contributed by atoms with Gasteiger partial charge in [0.05, 0.1) is 22.0 Å². The van der Waals surface area contributed by atoms with E-state index in [0.29, 0.717) is 26.2 Å². The first-order valence-electron chi connectivity index (χ1n) is 9.20. The number of nitrogens with one attached hydrogen (secondary N) is 1. The standard InChI is InChI=1S/C19H20ClF3N4O3S/c20-17-6-1-13(11-16(17)19(21,22)23)25-18(28)12-26-7-9-27(10-8-26)14-2-4-15(5-3-14)31(24,29)30/h1-6,11H,7-10,12H2,(H,25,28)(H2,24,29,30). The number of sulfonamides is 1. The van der Waals surface area contributed by atoms with Crippen molar-refractivity contribution in [3.8, 4) is 0 Å². The Hall–Kier alpha value is -2.34. The number of halogens is 4. The zero-order valence-electron chi connectivity index (χ0n) is 16.2. The Bertz CT molecular complexity index is 1050. The number of nitrogens with zero attached hydrogens (tertiary/aromatic N) is 2. The number of alkyl halides is 3. The number of nitrogens with two attached hydrogens (primary N) is 1. The Labute approximate surface area is 182 Å². The van der Waals surface area contributed by atoms with Gasteiger partial charge in [-0.25, -0.2) is 13.6 Å². The average molecular weight is 477 g/mol. The smallest absolute Gasteiger partial charge is 0.369 e. The summed E-state index contributed by atoms with van der Waals surface area (Å²) in [7, 11) is -3.75. The zero-order chi connectivity index (χ0) is 22.8. The van der Waals surface area contributed by atoms with E-state index >= 15 is 0 Å². The average Bonchev–Trinajstić information content (AvgIpc) is 2.68. The van der Waals surface area contributed by atoms with E-state index in [1.165, 1.54) is 18.2 Å². The summed E-state index contributed by atoms with van der Waals surface area (Å²) in [6.45, 7) is 2.34. The second kappa shape index (κ2) is 9.03. The Morgan fingerprint density at radius 2 is 1.68 bits per heavy atom. The number of rotatable bonds is 5. The third kappa shape index (κ3) is 6.10. The molecule has 0 unspecified atom stereocenters. The minimum absolute atomic E-state index is 0.0234. The summed E-state index contributed by atoms with van der Waals surface area (Å²) in [6.07, 6.45) is -4.61. The molecule has 168 valence electrons. The molecule has 1 aliphatic rings. The van der Waals surface area contributed by atoms with Gasteiger partial charge in [-0.15, -0.1) is 0 Å². The first-order valence-corrected chi connectivity index (χ1v) is 11.1. The number of piperazine rings is 1. The number of hydrogen-bond donors (Lipinski definition) is 2. The van der Waals surface area contributed by atoms with E-state index in [9.17, 15) is 26.4 Å². The van der Waals surface area contributed by atoms with E-state index in [-0.39, 0.29) is 17.1 Å². The van der Waals surface area contributed by atoms with Crippen molar-refractivity contribution in [1.29, 1.82) is 0 Å². The first kappa shape index (κ1) is 23.3. The second-order valence-corrected chi connectivity index (χ2v) is 9.01. The van der Waals surface area contributed by atoms with E-state index in [2.05, 4.69) is 5.32 Å². The van der Waals surface area contributed by atoms with Gasteiger partial charge >= 0.3 is 6.18 Å². The Morgan fingerprint density at radius 1 is 1.06 bits per heavy atom. The van der Waals surface area contributed by atoms with Crippen LogP contribution in [0, 0.1) is 0 Å². The van der Waals surface area contributed by atoms with Crippen molar-refractivity contribution in [2.75, 3.05) is 42.9 Å². The molecule has 7 nitrogen and oxygen atoms in total. The van der Waals surface area contributed by atoms with Crippen molar-refractivity contribution < 1.29 is 26.4 Å².